The van der Waals surface area contributed by atoms with Crippen LogP contribution in [0.4, 0.5) is 0 Å². The molecule has 0 radical (unpaired) electrons. The lowest BCUT2D eigenvalue weighted by Crippen LogP contribution is -2.14. The zero-order valence-electron chi connectivity index (χ0n) is 14.2. The second kappa shape index (κ2) is 8.41. The van der Waals surface area contributed by atoms with Crippen molar-refractivity contribution in [1.82, 2.24) is 0 Å². The number of carbonyl (C=O) groups excluding carboxylic acids is 2. The van der Waals surface area contributed by atoms with Gasteiger partial charge < -0.3 is 9.47 Å². The molecule has 0 fully saturated rings. The Hall–Kier alpha value is -2.46. The van der Waals surface area contributed by atoms with Crippen LogP contribution in [0, 0.1) is 0 Å². The predicted octanol–water partition coefficient (Wildman–Crippen LogP) is 4.00. The summed E-state index contributed by atoms with van der Waals surface area (Å²) in [6.07, 6.45) is 0. The van der Waals surface area contributed by atoms with Crippen molar-refractivity contribution in [2.24, 2.45) is 0 Å². The minimum Gasteiger partial charge on any atom is -0.454 e. The van der Waals surface area contributed by atoms with Gasteiger partial charge in [-0.25, -0.2) is 4.79 Å². The van der Waals surface area contributed by atoms with E-state index in [0.29, 0.717) is 23.7 Å². The molecule has 0 unspecified atom stereocenters. The zero-order valence-corrected chi connectivity index (χ0v) is 14.2. The van der Waals surface area contributed by atoms with Crippen LogP contribution in [0.5, 0.6) is 0 Å². The molecule has 4 nitrogen and oxygen atoms in total. The number of methoxy groups -OCH3 is 1. The molecule has 0 aliphatic rings. The lowest BCUT2D eigenvalue weighted by molar-refractivity contribution is 0.0474. The van der Waals surface area contributed by atoms with Crippen molar-refractivity contribution < 1.29 is 19.1 Å². The first-order chi connectivity index (χ1) is 11.5. The Morgan fingerprint density at radius 1 is 1.00 bits per heavy atom. The third-order valence-corrected chi connectivity index (χ3v) is 3.71. The number of hydrogen-bond acceptors (Lipinski definition) is 4. The van der Waals surface area contributed by atoms with Crippen LogP contribution >= 0.6 is 0 Å². The van der Waals surface area contributed by atoms with Crippen LogP contribution in [0.25, 0.3) is 0 Å². The summed E-state index contributed by atoms with van der Waals surface area (Å²) >= 11 is 0. The molecule has 2 rings (SSSR count). The lowest BCUT2D eigenvalue weighted by Gasteiger charge is -2.08. The van der Waals surface area contributed by atoms with E-state index >= 15 is 0 Å². The number of rotatable bonds is 7. The van der Waals surface area contributed by atoms with Crippen LogP contribution in [-0.2, 0) is 16.1 Å². The number of esters is 1. The Morgan fingerprint density at radius 2 is 1.71 bits per heavy atom. The zero-order chi connectivity index (χ0) is 17.5. The maximum absolute atomic E-state index is 12.1. The first kappa shape index (κ1) is 17.9. The number of Topliss-reactive ketones (excluding diaryl/α,β-unsaturated/α-hetero) is 1. The highest BCUT2D eigenvalue weighted by atomic mass is 16.5. The Labute approximate surface area is 142 Å². The van der Waals surface area contributed by atoms with Crippen molar-refractivity contribution in [3.63, 3.8) is 0 Å². The van der Waals surface area contributed by atoms with Gasteiger partial charge in [0.15, 0.2) is 12.4 Å². The Bertz CT molecular complexity index is 702. The van der Waals surface area contributed by atoms with Gasteiger partial charge in [0, 0.05) is 12.7 Å². The van der Waals surface area contributed by atoms with E-state index in [9.17, 15) is 9.59 Å². The molecule has 2 aromatic carbocycles. The first-order valence-corrected chi connectivity index (χ1v) is 7.89. The number of benzene rings is 2. The van der Waals surface area contributed by atoms with Crippen LogP contribution in [0.3, 0.4) is 0 Å². The molecule has 0 N–H and O–H groups in total. The maximum atomic E-state index is 12.1. The summed E-state index contributed by atoms with van der Waals surface area (Å²) in [6.45, 7) is 4.34. The van der Waals surface area contributed by atoms with E-state index in [2.05, 4.69) is 13.8 Å². The molecule has 0 aliphatic carbocycles. The predicted molar refractivity (Wildman–Crippen MR) is 92.3 cm³/mol. The minimum absolute atomic E-state index is 0.216. The van der Waals surface area contributed by atoms with E-state index in [4.69, 9.17) is 9.47 Å². The van der Waals surface area contributed by atoms with Crippen molar-refractivity contribution in [2.75, 3.05) is 13.7 Å². The van der Waals surface area contributed by atoms with E-state index in [1.54, 1.807) is 37.4 Å². The maximum Gasteiger partial charge on any atom is 0.338 e. The highest BCUT2D eigenvalue weighted by Crippen LogP contribution is 2.15. The Morgan fingerprint density at radius 3 is 2.33 bits per heavy atom. The van der Waals surface area contributed by atoms with Crippen LogP contribution in [0.2, 0.25) is 0 Å². The van der Waals surface area contributed by atoms with Gasteiger partial charge in [0.1, 0.15) is 0 Å². The standard InChI is InChI=1S/C20H22O4/c1-14(2)16-7-9-17(10-8-16)19(21)13-24-20(22)18-6-4-5-15(11-18)12-23-3/h4-11,14H,12-13H2,1-3H3. The molecule has 0 atom stereocenters. The van der Waals surface area contributed by atoms with Crippen LogP contribution in [0.15, 0.2) is 48.5 Å². The largest absolute Gasteiger partial charge is 0.454 e. The molecular formula is C20H22O4. The van der Waals surface area contributed by atoms with Crippen molar-refractivity contribution in [1.29, 1.82) is 0 Å². The summed E-state index contributed by atoms with van der Waals surface area (Å²) < 4.78 is 10.2. The van der Waals surface area contributed by atoms with Gasteiger partial charge in [0.05, 0.1) is 12.2 Å². The Balaban J connectivity index is 1.95. The quantitative estimate of drug-likeness (QED) is 0.570. The van der Waals surface area contributed by atoms with Crippen LogP contribution < -0.4 is 0 Å². The molecule has 0 amide bonds. The van der Waals surface area contributed by atoms with E-state index in [1.165, 1.54) is 5.56 Å². The summed E-state index contributed by atoms with van der Waals surface area (Å²) in [5.74, 6) is -0.321. The molecule has 0 saturated heterocycles. The van der Waals surface area contributed by atoms with Gasteiger partial charge in [0.2, 0.25) is 0 Å². The van der Waals surface area contributed by atoms with Gasteiger partial charge in [-0.3, -0.25) is 4.79 Å². The first-order valence-electron chi connectivity index (χ1n) is 7.89. The van der Waals surface area contributed by atoms with Crippen molar-refractivity contribution >= 4 is 11.8 Å². The molecule has 0 aromatic heterocycles. The number of ether oxygens (including phenoxy) is 2. The van der Waals surface area contributed by atoms with Crippen molar-refractivity contribution in [3.05, 3.63) is 70.8 Å². The van der Waals surface area contributed by atoms with Gasteiger partial charge in [-0.1, -0.05) is 50.2 Å². The second-order valence-electron chi connectivity index (χ2n) is 5.91. The fraction of sp³-hybridized carbons (Fsp3) is 0.300. The number of carbonyl (C=O) groups is 2. The molecular weight excluding hydrogens is 304 g/mol. The van der Waals surface area contributed by atoms with Crippen molar-refractivity contribution in [3.8, 4) is 0 Å². The third kappa shape index (κ3) is 4.77. The number of ketones is 1. The molecule has 0 heterocycles. The molecule has 0 spiro atoms. The van der Waals surface area contributed by atoms with Gasteiger partial charge in [-0.2, -0.15) is 0 Å². The summed E-state index contributed by atoms with van der Waals surface area (Å²) in [6, 6.07) is 14.4. The molecule has 24 heavy (non-hydrogen) atoms. The highest BCUT2D eigenvalue weighted by Gasteiger charge is 2.12. The van der Waals surface area contributed by atoms with Crippen LogP contribution in [-0.4, -0.2) is 25.5 Å². The fourth-order valence-electron chi connectivity index (χ4n) is 2.31. The highest BCUT2D eigenvalue weighted by molar-refractivity contribution is 5.99. The van der Waals surface area contributed by atoms with E-state index in [1.807, 2.05) is 18.2 Å². The van der Waals surface area contributed by atoms with Gasteiger partial charge in [0.25, 0.3) is 0 Å². The fourth-order valence-corrected chi connectivity index (χ4v) is 2.31. The monoisotopic (exact) mass is 326 g/mol. The average molecular weight is 326 g/mol. The SMILES string of the molecule is COCc1cccc(C(=O)OCC(=O)c2ccc(C(C)C)cc2)c1. The summed E-state index contributed by atoms with van der Waals surface area (Å²) in [5.41, 5.74) is 2.99. The topological polar surface area (TPSA) is 52.6 Å². The summed E-state index contributed by atoms with van der Waals surface area (Å²) in [4.78, 5) is 24.2. The lowest BCUT2D eigenvalue weighted by atomic mass is 10.0. The van der Waals surface area contributed by atoms with E-state index in [-0.39, 0.29) is 12.4 Å². The summed E-state index contributed by atoms with van der Waals surface area (Å²) in [5, 5.41) is 0. The average Bonchev–Trinajstić information content (AvgIpc) is 2.60. The van der Waals surface area contributed by atoms with Crippen molar-refractivity contribution in [2.45, 2.75) is 26.4 Å². The Kier molecular flexibility index (Phi) is 6.27. The molecule has 126 valence electrons. The molecule has 4 heteroatoms. The van der Waals surface area contributed by atoms with E-state index < -0.39 is 5.97 Å². The molecule has 0 bridgehead atoms. The normalized spacial score (nSPS) is 10.7. The minimum atomic E-state index is -0.514. The van der Waals surface area contributed by atoms with Gasteiger partial charge >= 0.3 is 5.97 Å². The van der Waals surface area contributed by atoms with Gasteiger partial charge in [-0.15, -0.1) is 0 Å². The smallest absolute Gasteiger partial charge is 0.338 e. The third-order valence-electron chi connectivity index (χ3n) is 3.71. The molecule has 0 saturated carbocycles. The second-order valence-corrected chi connectivity index (χ2v) is 5.91. The molecule has 0 aliphatic heterocycles. The van der Waals surface area contributed by atoms with E-state index in [0.717, 1.165) is 5.56 Å². The summed E-state index contributed by atoms with van der Waals surface area (Å²) in [7, 11) is 1.59. The number of hydrogen-bond donors (Lipinski definition) is 0. The molecule has 2 aromatic rings. The van der Waals surface area contributed by atoms with Crippen LogP contribution in [0.1, 0.15) is 51.6 Å². The van der Waals surface area contributed by atoms with Gasteiger partial charge in [-0.05, 0) is 29.2 Å².